The lowest BCUT2D eigenvalue weighted by molar-refractivity contribution is 1.09. The molecule has 0 bridgehead atoms. The standard InChI is InChI=1S/C27H16N4/c1-2-5-17-15(4-1)12-20-18(17)8-7-16-13-23-26(24(16)20)30-27-25-19(6-3-10-29-25)21-14-28-11-9-22(21)31(23)27/h1-11,14H,12-13H2. The Balaban J connectivity index is 1.52. The highest BCUT2D eigenvalue weighted by Gasteiger charge is 2.32. The minimum absolute atomic E-state index is 0.894. The summed E-state index contributed by atoms with van der Waals surface area (Å²) in [5.74, 6) is 0. The first-order valence-electron chi connectivity index (χ1n) is 10.6. The van der Waals surface area contributed by atoms with Gasteiger partial charge in [-0.15, -0.1) is 0 Å². The third-order valence-electron chi connectivity index (χ3n) is 6.99. The molecule has 2 aliphatic carbocycles. The van der Waals surface area contributed by atoms with Crippen LogP contribution in [0.2, 0.25) is 0 Å². The van der Waals surface area contributed by atoms with Crippen LogP contribution in [0.15, 0.2) is 73.2 Å². The number of pyridine rings is 3. The lowest BCUT2D eigenvalue weighted by Gasteiger charge is -2.09. The lowest BCUT2D eigenvalue weighted by atomic mass is 9.97. The van der Waals surface area contributed by atoms with Crippen LogP contribution in [0.5, 0.6) is 0 Å². The molecule has 4 nitrogen and oxygen atoms in total. The van der Waals surface area contributed by atoms with Gasteiger partial charge in [0.05, 0.1) is 16.9 Å². The molecule has 0 saturated heterocycles. The number of imidazole rings is 1. The van der Waals surface area contributed by atoms with Gasteiger partial charge in [0.2, 0.25) is 0 Å². The Morgan fingerprint density at radius 2 is 1.74 bits per heavy atom. The highest BCUT2D eigenvalue weighted by Crippen LogP contribution is 2.48. The first kappa shape index (κ1) is 15.7. The predicted molar refractivity (Wildman–Crippen MR) is 122 cm³/mol. The zero-order chi connectivity index (χ0) is 20.1. The summed E-state index contributed by atoms with van der Waals surface area (Å²) in [5.41, 5.74) is 13.7. The van der Waals surface area contributed by atoms with Crippen molar-refractivity contribution in [3.63, 3.8) is 0 Å². The Bertz CT molecular complexity index is 1740. The van der Waals surface area contributed by atoms with Gasteiger partial charge in [0.1, 0.15) is 5.52 Å². The molecule has 0 saturated carbocycles. The largest absolute Gasteiger partial charge is 0.294 e. The van der Waals surface area contributed by atoms with Crippen molar-refractivity contribution in [3.05, 3.63) is 95.6 Å². The third-order valence-corrected chi connectivity index (χ3v) is 6.99. The Morgan fingerprint density at radius 3 is 2.74 bits per heavy atom. The van der Waals surface area contributed by atoms with Crippen LogP contribution in [0.4, 0.5) is 0 Å². The second kappa shape index (κ2) is 5.35. The summed E-state index contributed by atoms with van der Waals surface area (Å²) in [7, 11) is 0. The third kappa shape index (κ3) is 1.84. The van der Waals surface area contributed by atoms with E-state index in [1.165, 1.54) is 39.1 Å². The van der Waals surface area contributed by atoms with Gasteiger partial charge in [-0.05, 0) is 46.4 Å². The van der Waals surface area contributed by atoms with E-state index in [1.54, 1.807) is 0 Å². The van der Waals surface area contributed by atoms with Gasteiger partial charge in [0.15, 0.2) is 5.65 Å². The van der Waals surface area contributed by atoms with Crippen LogP contribution in [0, 0.1) is 0 Å². The van der Waals surface area contributed by atoms with Gasteiger partial charge in [-0.25, -0.2) is 4.98 Å². The van der Waals surface area contributed by atoms with E-state index in [1.807, 2.05) is 24.7 Å². The van der Waals surface area contributed by atoms with E-state index >= 15 is 0 Å². The molecule has 31 heavy (non-hydrogen) atoms. The number of nitrogens with zero attached hydrogens (tertiary/aromatic N) is 4. The monoisotopic (exact) mass is 396 g/mol. The van der Waals surface area contributed by atoms with E-state index < -0.39 is 0 Å². The Kier molecular flexibility index (Phi) is 2.72. The van der Waals surface area contributed by atoms with Gasteiger partial charge in [-0.1, -0.05) is 42.5 Å². The smallest absolute Gasteiger partial charge is 0.164 e. The predicted octanol–water partition coefficient (Wildman–Crippen LogP) is 5.57. The van der Waals surface area contributed by atoms with Crippen molar-refractivity contribution in [2.45, 2.75) is 12.8 Å². The second-order valence-electron chi connectivity index (χ2n) is 8.50. The number of aromatic nitrogens is 4. The minimum Gasteiger partial charge on any atom is -0.294 e. The molecule has 2 aliphatic rings. The van der Waals surface area contributed by atoms with Crippen molar-refractivity contribution in [3.8, 4) is 22.4 Å². The molecule has 0 atom stereocenters. The van der Waals surface area contributed by atoms with Crippen LogP contribution in [-0.2, 0) is 12.8 Å². The van der Waals surface area contributed by atoms with E-state index in [0.29, 0.717) is 0 Å². The van der Waals surface area contributed by atoms with Crippen LogP contribution in [0.1, 0.15) is 22.4 Å². The molecule has 0 unspecified atom stereocenters. The molecular formula is C27H16N4. The quantitative estimate of drug-likeness (QED) is 0.315. The number of hydrogen-bond donors (Lipinski definition) is 0. The average molecular weight is 396 g/mol. The van der Waals surface area contributed by atoms with Crippen molar-refractivity contribution in [2.24, 2.45) is 0 Å². The number of benzene rings is 2. The van der Waals surface area contributed by atoms with Gasteiger partial charge in [0, 0.05) is 41.3 Å². The highest BCUT2D eigenvalue weighted by atomic mass is 15.1. The van der Waals surface area contributed by atoms with Crippen molar-refractivity contribution >= 4 is 27.5 Å². The molecule has 0 fully saturated rings. The van der Waals surface area contributed by atoms with Crippen molar-refractivity contribution in [1.82, 2.24) is 19.4 Å². The van der Waals surface area contributed by atoms with E-state index in [4.69, 9.17) is 9.97 Å². The van der Waals surface area contributed by atoms with Crippen molar-refractivity contribution in [2.75, 3.05) is 0 Å². The fourth-order valence-corrected chi connectivity index (χ4v) is 5.71. The van der Waals surface area contributed by atoms with Crippen molar-refractivity contribution in [1.29, 1.82) is 0 Å². The number of rotatable bonds is 0. The number of fused-ring (bicyclic) bond motifs is 14. The maximum Gasteiger partial charge on any atom is 0.164 e. The summed E-state index contributed by atoms with van der Waals surface area (Å²) >= 11 is 0. The summed E-state index contributed by atoms with van der Waals surface area (Å²) in [6, 6.07) is 19.6. The van der Waals surface area contributed by atoms with Gasteiger partial charge in [-0.2, -0.15) is 0 Å². The molecule has 0 spiro atoms. The second-order valence-corrected chi connectivity index (χ2v) is 8.50. The van der Waals surface area contributed by atoms with E-state index in [-0.39, 0.29) is 0 Å². The summed E-state index contributed by atoms with van der Waals surface area (Å²) in [6.07, 6.45) is 7.54. The van der Waals surface area contributed by atoms with Crippen LogP contribution >= 0.6 is 0 Å². The Morgan fingerprint density at radius 1 is 0.774 bits per heavy atom. The van der Waals surface area contributed by atoms with Crippen LogP contribution in [0.25, 0.3) is 49.8 Å². The molecule has 144 valence electrons. The summed E-state index contributed by atoms with van der Waals surface area (Å²) in [5, 5.41) is 2.22. The van der Waals surface area contributed by atoms with Gasteiger partial charge in [0.25, 0.3) is 0 Å². The van der Waals surface area contributed by atoms with Crippen LogP contribution in [-0.4, -0.2) is 19.4 Å². The Labute approximate surface area is 177 Å². The number of hydrogen-bond acceptors (Lipinski definition) is 3. The molecular weight excluding hydrogens is 380 g/mol. The van der Waals surface area contributed by atoms with E-state index in [2.05, 4.69) is 57.9 Å². The topological polar surface area (TPSA) is 43.1 Å². The molecule has 4 heterocycles. The summed E-state index contributed by atoms with van der Waals surface area (Å²) < 4.78 is 2.32. The fraction of sp³-hybridized carbons (Fsp3) is 0.0741. The lowest BCUT2D eigenvalue weighted by Crippen LogP contribution is -1.97. The fourth-order valence-electron chi connectivity index (χ4n) is 5.71. The zero-order valence-electron chi connectivity index (χ0n) is 16.6. The highest BCUT2D eigenvalue weighted by molar-refractivity contribution is 6.10. The van der Waals surface area contributed by atoms with E-state index in [0.717, 1.165) is 46.0 Å². The average Bonchev–Trinajstić information content (AvgIpc) is 3.48. The molecule has 8 rings (SSSR count). The molecule has 6 aromatic rings. The maximum atomic E-state index is 5.23. The Hall–Kier alpha value is -4.05. The molecule has 4 aromatic heterocycles. The zero-order valence-corrected chi connectivity index (χ0v) is 16.6. The maximum absolute atomic E-state index is 5.23. The molecule has 0 amide bonds. The summed E-state index contributed by atoms with van der Waals surface area (Å²) in [4.78, 5) is 14.4. The normalized spacial score (nSPS) is 13.5. The first-order valence-corrected chi connectivity index (χ1v) is 10.6. The SMILES string of the molecule is c1ccc2c(c1)Cc1c-2ccc2c1-c1nc3c4ncccc4c4cnccc4n3c1C2. The summed E-state index contributed by atoms with van der Waals surface area (Å²) in [6.45, 7) is 0. The minimum atomic E-state index is 0.894. The molecule has 0 aliphatic heterocycles. The first-order chi connectivity index (χ1) is 15.4. The van der Waals surface area contributed by atoms with Crippen molar-refractivity contribution < 1.29 is 0 Å². The van der Waals surface area contributed by atoms with Gasteiger partial charge in [-0.3, -0.25) is 14.4 Å². The van der Waals surface area contributed by atoms with Gasteiger partial charge < -0.3 is 0 Å². The molecule has 4 heteroatoms. The van der Waals surface area contributed by atoms with Gasteiger partial charge >= 0.3 is 0 Å². The molecule has 0 radical (unpaired) electrons. The molecule has 2 aromatic carbocycles. The van der Waals surface area contributed by atoms with Crippen LogP contribution in [0.3, 0.4) is 0 Å². The molecule has 0 N–H and O–H groups in total. The van der Waals surface area contributed by atoms with E-state index in [9.17, 15) is 0 Å². The van der Waals surface area contributed by atoms with Crippen LogP contribution < -0.4 is 0 Å².